The van der Waals surface area contributed by atoms with E-state index in [-0.39, 0.29) is 18.0 Å². The molecular formula is C25H36ClN5O4. The zero-order chi connectivity index (χ0) is 25.9. The number of anilines is 1. The van der Waals surface area contributed by atoms with Crippen LogP contribution in [-0.4, -0.2) is 64.6 Å². The van der Waals surface area contributed by atoms with E-state index in [1.807, 2.05) is 27.0 Å². The quantitative estimate of drug-likeness (QED) is 0.552. The number of aromatic nitrogens is 2. The molecule has 2 amide bonds. The van der Waals surface area contributed by atoms with Crippen LogP contribution < -0.4 is 15.0 Å². The van der Waals surface area contributed by atoms with Gasteiger partial charge in [0.25, 0.3) is 5.91 Å². The number of carboxylic acid groups (broad SMARTS) is 1. The average Bonchev–Trinajstić information content (AvgIpc) is 3.12. The van der Waals surface area contributed by atoms with E-state index in [0.29, 0.717) is 23.0 Å². The number of rotatable bonds is 8. The van der Waals surface area contributed by atoms with Crippen molar-refractivity contribution in [1.82, 2.24) is 20.0 Å². The van der Waals surface area contributed by atoms with Gasteiger partial charge in [-0.3, -0.25) is 9.48 Å². The fourth-order valence-corrected chi connectivity index (χ4v) is 5.20. The smallest absolute Gasteiger partial charge is 0.407 e. The first-order chi connectivity index (χ1) is 16.6. The Kier molecular flexibility index (Phi) is 8.53. The second kappa shape index (κ2) is 11.2. The van der Waals surface area contributed by atoms with Crippen molar-refractivity contribution in [2.75, 3.05) is 25.6 Å². The van der Waals surface area contributed by atoms with Gasteiger partial charge >= 0.3 is 6.09 Å². The number of nitrogens with one attached hydrogen (secondary N) is 1. The number of carbonyl (C=O) groups is 2. The second-order valence-corrected chi connectivity index (χ2v) is 9.56. The Morgan fingerprint density at radius 3 is 2.43 bits per heavy atom. The van der Waals surface area contributed by atoms with Gasteiger partial charge in [0.05, 0.1) is 19.2 Å². The highest BCUT2D eigenvalue weighted by molar-refractivity contribution is 6.31. The van der Waals surface area contributed by atoms with Crippen LogP contribution in [0.3, 0.4) is 0 Å². The number of aryl methyl sites for hydroxylation is 1. The molecule has 35 heavy (non-hydrogen) atoms. The van der Waals surface area contributed by atoms with E-state index in [1.165, 1.54) is 4.90 Å². The number of nitrogens with zero attached hydrogens (tertiary/aromatic N) is 4. The van der Waals surface area contributed by atoms with E-state index in [9.17, 15) is 14.7 Å². The molecule has 1 aliphatic carbocycles. The molecule has 10 heteroatoms. The number of hydrogen-bond donors (Lipinski definition) is 2. The minimum atomic E-state index is -0.888. The number of amides is 2. The number of benzene rings is 1. The summed E-state index contributed by atoms with van der Waals surface area (Å²) in [5.74, 6) is 0.287. The van der Waals surface area contributed by atoms with Crippen molar-refractivity contribution in [2.24, 2.45) is 7.05 Å². The van der Waals surface area contributed by atoms with Gasteiger partial charge in [-0.2, -0.15) is 0 Å². The minimum Gasteiger partial charge on any atom is -0.480 e. The molecule has 1 aliphatic rings. The van der Waals surface area contributed by atoms with Gasteiger partial charge in [0.1, 0.15) is 0 Å². The summed E-state index contributed by atoms with van der Waals surface area (Å²) in [5, 5.41) is 17.1. The predicted octanol–water partition coefficient (Wildman–Crippen LogP) is 4.38. The van der Waals surface area contributed by atoms with Crippen molar-refractivity contribution in [3.05, 3.63) is 39.5 Å². The maximum absolute atomic E-state index is 13.2. The molecular weight excluding hydrogens is 470 g/mol. The molecule has 3 rings (SSSR count). The fraction of sp³-hybridized carbons (Fsp3) is 0.560. The first kappa shape index (κ1) is 26.7. The topological polar surface area (TPSA) is 99.9 Å². The Morgan fingerprint density at radius 1 is 1.23 bits per heavy atom. The highest BCUT2D eigenvalue weighted by Crippen LogP contribution is 2.34. The molecule has 192 valence electrons. The molecule has 0 atom stereocenters. The second-order valence-electron chi connectivity index (χ2n) is 9.12. The molecule has 1 heterocycles. The van der Waals surface area contributed by atoms with Crippen LogP contribution in [-0.2, 0) is 13.6 Å². The third-order valence-electron chi connectivity index (χ3n) is 7.24. The summed E-state index contributed by atoms with van der Waals surface area (Å²) >= 11 is 6.49. The van der Waals surface area contributed by atoms with Crippen LogP contribution >= 0.6 is 11.6 Å². The van der Waals surface area contributed by atoms with Crippen molar-refractivity contribution in [3.63, 3.8) is 0 Å². The van der Waals surface area contributed by atoms with Crippen LogP contribution in [0, 0.1) is 13.8 Å². The third-order valence-corrected chi connectivity index (χ3v) is 7.45. The zero-order valence-electron chi connectivity index (χ0n) is 21.4. The van der Waals surface area contributed by atoms with Crippen LogP contribution in [0.2, 0.25) is 5.02 Å². The predicted molar refractivity (Wildman–Crippen MR) is 137 cm³/mol. The molecule has 1 saturated carbocycles. The van der Waals surface area contributed by atoms with E-state index in [2.05, 4.69) is 22.2 Å². The van der Waals surface area contributed by atoms with Crippen LogP contribution in [0.15, 0.2) is 12.1 Å². The van der Waals surface area contributed by atoms with Gasteiger partial charge in [0.2, 0.25) is 5.88 Å². The zero-order valence-corrected chi connectivity index (χ0v) is 22.1. The molecule has 2 N–H and O–H groups in total. The van der Waals surface area contributed by atoms with E-state index in [1.54, 1.807) is 24.9 Å². The highest BCUT2D eigenvalue weighted by Gasteiger charge is 2.30. The summed E-state index contributed by atoms with van der Waals surface area (Å²) in [6.45, 7) is 7.03. The Labute approximate surface area is 212 Å². The van der Waals surface area contributed by atoms with Crippen LogP contribution in [0.4, 0.5) is 10.5 Å². The van der Waals surface area contributed by atoms with Gasteiger partial charge in [-0.1, -0.05) is 11.6 Å². The Morgan fingerprint density at radius 2 is 1.86 bits per heavy atom. The monoisotopic (exact) mass is 505 g/mol. The Bertz CT molecular complexity index is 1080. The normalized spacial score (nSPS) is 17.7. The Balaban J connectivity index is 1.79. The van der Waals surface area contributed by atoms with Crippen molar-refractivity contribution in [3.8, 4) is 5.88 Å². The van der Waals surface area contributed by atoms with Crippen molar-refractivity contribution >= 4 is 29.3 Å². The number of carbonyl (C=O) groups excluding carboxylic acids is 1. The summed E-state index contributed by atoms with van der Waals surface area (Å²) in [6.07, 6.45) is 2.49. The third kappa shape index (κ3) is 5.66. The molecule has 2 aromatic rings. The van der Waals surface area contributed by atoms with Crippen molar-refractivity contribution in [2.45, 2.75) is 65.1 Å². The van der Waals surface area contributed by atoms with Gasteiger partial charge in [-0.15, -0.1) is 5.10 Å². The van der Waals surface area contributed by atoms with Crippen LogP contribution in [0.25, 0.3) is 0 Å². The lowest BCUT2D eigenvalue weighted by atomic mass is 9.88. The minimum absolute atomic E-state index is 0.0391. The first-order valence-corrected chi connectivity index (χ1v) is 12.3. The average molecular weight is 506 g/mol. The van der Waals surface area contributed by atoms with Gasteiger partial charge in [0, 0.05) is 54.7 Å². The molecule has 9 nitrogen and oxygen atoms in total. The van der Waals surface area contributed by atoms with Gasteiger partial charge < -0.3 is 25.0 Å². The fourth-order valence-electron chi connectivity index (χ4n) is 4.99. The molecule has 0 radical (unpaired) electrons. The summed E-state index contributed by atoms with van der Waals surface area (Å²) in [6, 6.07) is 3.92. The van der Waals surface area contributed by atoms with E-state index < -0.39 is 6.09 Å². The molecule has 0 aliphatic heterocycles. The number of ether oxygens (including phenoxy) is 1. The highest BCUT2D eigenvalue weighted by atomic mass is 35.5. The molecule has 0 bridgehead atoms. The van der Waals surface area contributed by atoms with Crippen LogP contribution in [0.5, 0.6) is 5.88 Å². The lowest BCUT2D eigenvalue weighted by Crippen LogP contribution is -2.44. The summed E-state index contributed by atoms with van der Waals surface area (Å²) in [7, 11) is 5.04. The maximum atomic E-state index is 13.2. The largest absolute Gasteiger partial charge is 0.480 e. The lowest BCUT2D eigenvalue weighted by Gasteiger charge is -2.40. The molecule has 1 fully saturated rings. The number of hydrogen-bond acceptors (Lipinski definition) is 5. The standard InChI is InChI=1S/C25H36ClN5O4/c1-7-31(19-10-8-18(9-11-19)29(4)25(33)34)22-13-17(26)12-20(15(22)2)23(32)27-14-21-16(3)30(5)28-24(21)35-6/h12-13,18-19H,7-11,14H2,1-6H3,(H,27,32)(H,33,34)/t18-,19-. The first-order valence-electron chi connectivity index (χ1n) is 12.0. The summed E-state index contributed by atoms with van der Waals surface area (Å²) in [4.78, 5) is 28.2. The molecule has 1 aromatic carbocycles. The van der Waals surface area contributed by atoms with Gasteiger partial charge in [-0.25, -0.2) is 4.79 Å². The Hall–Kier alpha value is -2.94. The summed E-state index contributed by atoms with van der Waals surface area (Å²) in [5.41, 5.74) is 4.10. The maximum Gasteiger partial charge on any atom is 0.407 e. The van der Waals surface area contributed by atoms with Gasteiger partial charge in [-0.05, 0) is 64.2 Å². The van der Waals surface area contributed by atoms with Crippen molar-refractivity contribution in [1.29, 1.82) is 0 Å². The molecule has 0 saturated heterocycles. The summed E-state index contributed by atoms with van der Waals surface area (Å²) < 4.78 is 7.08. The van der Waals surface area contributed by atoms with Gasteiger partial charge in [0.15, 0.2) is 0 Å². The number of methoxy groups -OCH3 is 1. The van der Waals surface area contributed by atoms with E-state index in [4.69, 9.17) is 16.3 Å². The molecule has 1 aromatic heterocycles. The molecule has 0 spiro atoms. The molecule has 0 unspecified atom stereocenters. The van der Waals surface area contributed by atoms with E-state index >= 15 is 0 Å². The lowest BCUT2D eigenvalue weighted by molar-refractivity contribution is 0.0950. The van der Waals surface area contributed by atoms with Crippen LogP contribution in [0.1, 0.15) is 59.8 Å². The van der Waals surface area contributed by atoms with E-state index in [0.717, 1.165) is 54.7 Å². The SMILES string of the molecule is CCN(c1cc(Cl)cc(C(=O)NCc2c(OC)nn(C)c2C)c1C)[C@H]1CC[C@H](N(C)C(=O)O)CC1. The van der Waals surface area contributed by atoms with Crippen molar-refractivity contribution < 1.29 is 19.4 Å². The number of halogens is 1.